The van der Waals surface area contributed by atoms with E-state index in [1.54, 1.807) is 0 Å². The van der Waals surface area contributed by atoms with Gasteiger partial charge in [-0.2, -0.15) is 0 Å². The lowest BCUT2D eigenvalue weighted by molar-refractivity contribution is -0.141. The smallest absolute Gasteiger partial charge is 0.307 e. The summed E-state index contributed by atoms with van der Waals surface area (Å²) in [5.74, 6) is -0.277. The van der Waals surface area contributed by atoms with Gasteiger partial charge >= 0.3 is 5.97 Å². The van der Waals surface area contributed by atoms with Crippen molar-refractivity contribution in [3.8, 4) is 11.1 Å². The molecule has 3 rings (SSSR count). The predicted molar refractivity (Wildman–Crippen MR) is 78.2 cm³/mol. The van der Waals surface area contributed by atoms with Crippen LogP contribution in [0.1, 0.15) is 29.2 Å². The van der Waals surface area contributed by atoms with E-state index < -0.39 is 0 Å². The Morgan fingerprint density at radius 1 is 1.20 bits per heavy atom. The lowest BCUT2D eigenvalue weighted by Crippen LogP contribution is -2.16. The maximum Gasteiger partial charge on any atom is 0.307 e. The Kier molecular flexibility index (Phi) is 3.28. The average Bonchev–Trinajstić information content (AvgIpc) is 2.84. The van der Waals surface area contributed by atoms with Gasteiger partial charge in [-0.1, -0.05) is 42.5 Å². The molecule has 0 amide bonds. The van der Waals surface area contributed by atoms with Crippen LogP contribution in [0.25, 0.3) is 11.1 Å². The van der Waals surface area contributed by atoms with Crippen molar-refractivity contribution in [3.63, 3.8) is 0 Å². The minimum atomic E-state index is -0.309. The Labute approximate surface area is 118 Å². The third-order valence-corrected chi connectivity index (χ3v) is 3.86. The lowest BCUT2D eigenvalue weighted by atomic mass is 9.98. The van der Waals surface area contributed by atoms with Gasteiger partial charge in [-0.05, 0) is 34.2 Å². The zero-order valence-electron chi connectivity index (χ0n) is 11.4. The summed E-state index contributed by atoms with van der Waals surface area (Å²) in [6.07, 6.45) is 1.15. The number of esters is 1. The Morgan fingerprint density at radius 2 is 1.95 bits per heavy atom. The van der Waals surface area contributed by atoms with E-state index in [9.17, 15) is 4.79 Å². The highest BCUT2D eigenvalue weighted by molar-refractivity contribution is 5.77. The van der Waals surface area contributed by atoms with Crippen molar-refractivity contribution >= 4 is 5.97 Å². The number of benzene rings is 2. The van der Waals surface area contributed by atoms with E-state index in [0.29, 0.717) is 0 Å². The van der Waals surface area contributed by atoms with E-state index in [4.69, 9.17) is 5.73 Å². The van der Waals surface area contributed by atoms with Crippen LogP contribution < -0.4 is 5.73 Å². The van der Waals surface area contributed by atoms with Crippen LogP contribution >= 0.6 is 0 Å². The molecule has 102 valence electrons. The fraction of sp³-hybridized carbons (Fsp3) is 0.235. The monoisotopic (exact) mass is 267 g/mol. The molecular weight excluding hydrogens is 250 g/mol. The highest BCUT2D eigenvalue weighted by atomic mass is 16.5. The molecule has 1 atom stereocenters. The molecule has 0 fully saturated rings. The van der Waals surface area contributed by atoms with E-state index in [-0.39, 0.29) is 18.4 Å². The predicted octanol–water partition coefficient (Wildman–Crippen LogP) is 2.82. The summed E-state index contributed by atoms with van der Waals surface area (Å²) in [7, 11) is 1.38. The van der Waals surface area contributed by atoms with Gasteiger partial charge in [-0.3, -0.25) is 4.79 Å². The molecule has 1 aliphatic carbocycles. The molecule has 0 saturated heterocycles. The molecule has 0 heterocycles. The minimum Gasteiger partial charge on any atom is -0.469 e. The first kappa shape index (κ1) is 12.9. The molecule has 0 unspecified atom stereocenters. The van der Waals surface area contributed by atoms with Crippen LogP contribution in [0.2, 0.25) is 0 Å². The first-order chi connectivity index (χ1) is 9.69. The Balaban J connectivity index is 1.89. The summed E-state index contributed by atoms with van der Waals surface area (Å²) in [4.78, 5) is 11.3. The van der Waals surface area contributed by atoms with Gasteiger partial charge < -0.3 is 10.5 Å². The largest absolute Gasteiger partial charge is 0.469 e. The Hall–Kier alpha value is -2.13. The van der Waals surface area contributed by atoms with Crippen molar-refractivity contribution in [2.75, 3.05) is 7.11 Å². The van der Waals surface area contributed by atoms with Gasteiger partial charge in [0.25, 0.3) is 0 Å². The maximum atomic E-state index is 11.3. The number of carbonyl (C=O) groups is 1. The molecule has 0 bridgehead atoms. The van der Waals surface area contributed by atoms with Crippen molar-refractivity contribution in [1.29, 1.82) is 0 Å². The number of methoxy groups -OCH3 is 1. The topological polar surface area (TPSA) is 52.3 Å². The number of hydrogen-bond acceptors (Lipinski definition) is 3. The number of rotatable bonds is 3. The molecule has 3 heteroatoms. The Bertz CT molecular complexity index is 664. The van der Waals surface area contributed by atoms with Gasteiger partial charge in [0.05, 0.1) is 13.5 Å². The Morgan fingerprint density at radius 3 is 2.75 bits per heavy atom. The van der Waals surface area contributed by atoms with Gasteiger partial charge in [-0.25, -0.2) is 0 Å². The molecule has 0 spiro atoms. The molecule has 20 heavy (non-hydrogen) atoms. The summed E-state index contributed by atoms with van der Waals surface area (Å²) >= 11 is 0. The molecule has 2 N–H and O–H groups in total. The van der Waals surface area contributed by atoms with Crippen LogP contribution in [-0.2, 0) is 16.0 Å². The van der Waals surface area contributed by atoms with Crippen LogP contribution in [-0.4, -0.2) is 13.1 Å². The minimum absolute atomic E-state index is 0.211. The summed E-state index contributed by atoms with van der Waals surface area (Å²) in [6, 6.07) is 14.3. The first-order valence-corrected chi connectivity index (χ1v) is 6.72. The van der Waals surface area contributed by atoms with Crippen LogP contribution in [0.15, 0.2) is 42.5 Å². The quantitative estimate of drug-likeness (QED) is 0.742. The molecule has 3 nitrogen and oxygen atoms in total. The zero-order chi connectivity index (χ0) is 14.1. The lowest BCUT2D eigenvalue weighted by Gasteiger charge is -2.12. The van der Waals surface area contributed by atoms with Gasteiger partial charge in [0.15, 0.2) is 0 Å². The van der Waals surface area contributed by atoms with Gasteiger partial charge in [-0.15, -0.1) is 0 Å². The molecule has 2 aromatic rings. The fourth-order valence-corrected chi connectivity index (χ4v) is 2.78. The second-order valence-electron chi connectivity index (χ2n) is 5.14. The molecule has 2 aromatic carbocycles. The number of ether oxygens (including phenoxy) is 1. The maximum absolute atomic E-state index is 11.3. The van der Waals surface area contributed by atoms with E-state index in [2.05, 4.69) is 41.1 Å². The molecule has 0 saturated carbocycles. The number of hydrogen-bond donors (Lipinski definition) is 1. The number of carbonyl (C=O) groups excluding carboxylic acids is 1. The van der Waals surface area contributed by atoms with E-state index in [1.807, 2.05) is 6.07 Å². The normalized spacial score (nSPS) is 13.5. The second-order valence-corrected chi connectivity index (χ2v) is 5.14. The highest BCUT2D eigenvalue weighted by Crippen LogP contribution is 2.37. The first-order valence-electron chi connectivity index (χ1n) is 6.72. The standard InChI is InChI=1S/C17H17NO2/c1-20-17(19)10-16(18)12-6-7-15-13(9-12)8-11-4-2-3-5-14(11)15/h2-7,9,16H,8,10,18H2,1H3/t16-/m0/s1. The fourth-order valence-electron chi connectivity index (χ4n) is 2.78. The van der Waals surface area contributed by atoms with Crippen molar-refractivity contribution in [3.05, 3.63) is 59.2 Å². The molecule has 1 aliphatic rings. The average molecular weight is 267 g/mol. The zero-order valence-corrected chi connectivity index (χ0v) is 11.4. The van der Waals surface area contributed by atoms with E-state index in [1.165, 1.54) is 29.4 Å². The van der Waals surface area contributed by atoms with Crippen molar-refractivity contribution in [2.45, 2.75) is 18.9 Å². The van der Waals surface area contributed by atoms with Gasteiger partial charge in [0.1, 0.15) is 0 Å². The summed E-state index contributed by atoms with van der Waals surface area (Å²) in [5.41, 5.74) is 12.3. The SMILES string of the molecule is COC(=O)C[C@H](N)c1ccc2c(c1)Cc1ccccc1-2. The van der Waals surface area contributed by atoms with Crippen LogP contribution in [0.5, 0.6) is 0 Å². The summed E-state index contributed by atoms with van der Waals surface area (Å²) in [5, 5.41) is 0. The van der Waals surface area contributed by atoms with Crippen molar-refractivity contribution in [2.24, 2.45) is 5.73 Å². The second kappa shape index (κ2) is 5.10. The van der Waals surface area contributed by atoms with E-state index in [0.717, 1.165) is 12.0 Å². The molecule has 0 aromatic heterocycles. The number of fused-ring (bicyclic) bond motifs is 3. The summed E-state index contributed by atoms with van der Waals surface area (Å²) < 4.78 is 4.67. The third kappa shape index (κ3) is 2.21. The van der Waals surface area contributed by atoms with Gasteiger partial charge in [0, 0.05) is 6.04 Å². The van der Waals surface area contributed by atoms with E-state index >= 15 is 0 Å². The van der Waals surface area contributed by atoms with Crippen molar-refractivity contribution in [1.82, 2.24) is 0 Å². The highest BCUT2D eigenvalue weighted by Gasteiger charge is 2.20. The van der Waals surface area contributed by atoms with Crippen LogP contribution in [0.3, 0.4) is 0 Å². The van der Waals surface area contributed by atoms with Crippen molar-refractivity contribution < 1.29 is 9.53 Å². The third-order valence-electron chi connectivity index (χ3n) is 3.86. The summed E-state index contributed by atoms with van der Waals surface area (Å²) in [6.45, 7) is 0. The molecule has 0 radical (unpaired) electrons. The van der Waals surface area contributed by atoms with Crippen LogP contribution in [0.4, 0.5) is 0 Å². The molecule has 0 aliphatic heterocycles. The van der Waals surface area contributed by atoms with Gasteiger partial charge in [0.2, 0.25) is 0 Å². The number of nitrogens with two attached hydrogens (primary N) is 1. The molecular formula is C17H17NO2. The van der Waals surface area contributed by atoms with Crippen LogP contribution in [0, 0.1) is 0 Å².